The Hall–Kier alpha value is -3.77. The molecule has 3 aromatic carbocycles. The molecule has 1 heterocycles. The molecule has 0 saturated heterocycles. The van der Waals surface area contributed by atoms with Crippen molar-refractivity contribution in [3.63, 3.8) is 0 Å². The lowest BCUT2D eigenvalue weighted by molar-refractivity contribution is 0.475. The van der Waals surface area contributed by atoms with E-state index in [1.807, 2.05) is 18.2 Å². The highest BCUT2D eigenvalue weighted by Gasteiger charge is 2.12. The van der Waals surface area contributed by atoms with Gasteiger partial charge in [0.2, 0.25) is 5.95 Å². The minimum absolute atomic E-state index is 0.0688. The minimum Gasteiger partial charge on any atom is -0.508 e. The number of phenols is 2. The smallest absolute Gasteiger partial charge is 0.222 e. The molecule has 0 amide bonds. The van der Waals surface area contributed by atoms with Gasteiger partial charge in [-0.2, -0.15) is 4.98 Å². The van der Waals surface area contributed by atoms with Crippen LogP contribution in [-0.2, 0) is 0 Å². The van der Waals surface area contributed by atoms with Gasteiger partial charge < -0.3 is 21.3 Å². The number of rotatable bonds is 4. The zero-order chi connectivity index (χ0) is 20.4. The topological polar surface area (TPSA) is 104 Å². The van der Waals surface area contributed by atoms with Crippen molar-refractivity contribution in [2.24, 2.45) is 0 Å². The monoisotopic (exact) mass is 404 g/mol. The number of nitrogen functional groups attached to an aromatic ring is 1. The molecule has 5 N–H and O–H groups in total. The van der Waals surface area contributed by atoms with Gasteiger partial charge in [0.05, 0.1) is 5.69 Å². The Balaban J connectivity index is 1.73. The fourth-order valence-corrected chi connectivity index (χ4v) is 3.15. The Bertz CT molecular complexity index is 1180. The number of nitrogens with two attached hydrogens (primary N) is 1. The molecule has 0 aliphatic heterocycles. The van der Waals surface area contributed by atoms with Crippen LogP contribution in [0.4, 0.5) is 17.5 Å². The second kappa shape index (κ2) is 7.69. The predicted molar refractivity (Wildman–Crippen MR) is 115 cm³/mol. The van der Waals surface area contributed by atoms with E-state index in [1.54, 1.807) is 54.6 Å². The van der Waals surface area contributed by atoms with Crippen molar-refractivity contribution >= 4 is 29.1 Å². The standard InChI is InChI=1S/C22H17ClN4O2/c23-15-2-1-3-16(11-15)25-21-12-19(26-22(24)27-21)18-10-14(6-9-20(18)29)13-4-7-17(28)8-5-13/h1-12,28-29H,(H3,24,25,26,27). The van der Waals surface area contributed by atoms with Crippen molar-refractivity contribution in [3.8, 4) is 33.9 Å². The molecule has 0 fully saturated rings. The van der Waals surface area contributed by atoms with E-state index in [0.29, 0.717) is 22.1 Å². The number of hydrogen-bond donors (Lipinski definition) is 4. The zero-order valence-corrected chi connectivity index (χ0v) is 15.9. The molecule has 4 aromatic rings. The number of nitrogens with zero attached hydrogens (tertiary/aromatic N) is 2. The molecular formula is C22H17ClN4O2. The lowest BCUT2D eigenvalue weighted by Crippen LogP contribution is -2.01. The van der Waals surface area contributed by atoms with Crippen LogP contribution in [0.2, 0.25) is 5.02 Å². The van der Waals surface area contributed by atoms with Gasteiger partial charge in [-0.25, -0.2) is 4.98 Å². The molecule has 1 aromatic heterocycles. The van der Waals surface area contributed by atoms with Crippen molar-refractivity contribution in [2.75, 3.05) is 11.1 Å². The maximum Gasteiger partial charge on any atom is 0.222 e. The zero-order valence-electron chi connectivity index (χ0n) is 15.2. The summed E-state index contributed by atoms with van der Waals surface area (Å²) < 4.78 is 0. The number of anilines is 3. The van der Waals surface area contributed by atoms with Gasteiger partial charge in [0, 0.05) is 22.3 Å². The predicted octanol–water partition coefficient (Wildman–Crippen LogP) is 5.20. The van der Waals surface area contributed by atoms with E-state index < -0.39 is 0 Å². The summed E-state index contributed by atoms with van der Waals surface area (Å²) in [5, 5.41) is 23.6. The van der Waals surface area contributed by atoms with Crippen LogP contribution in [0, 0.1) is 0 Å². The van der Waals surface area contributed by atoms with E-state index in [9.17, 15) is 10.2 Å². The summed E-state index contributed by atoms with van der Waals surface area (Å²) in [4.78, 5) is 8.48. The molecule has 0 bridgehead atoms. The van der Waals surface area contributed by atoms with Gasteiger partial charge in [-0.15, -0.1) is 0 Å². The molecule has 0 radical (unpaired) electrons. The van der Waals surface area contributed by atoms with Gasteiger partial charge in [-0.3, -0.25) is 0 Å². The molecule has 0 aliphatic rings. The van der Waals surface area contributed by atoms with Gasteiger partial charge in [0.1, 0.15) is 17.3 Å². The summed E-state index contributed by atoms with van der Waals surface area (Å²) >= 11 is 6.03. The van der Waals surface area contributed by atoms with Crippen molar-refractivity contribution in [1.82, 2.24) is 9.97 Å². The quantitative estimate of drug-likeness (QED) is 0.372. The number of hydrogen-bond acceptors (Lipinski definition) is 6. The molecule has 0 spiro atoms. The molecule has 4 rings (SSSR count). The fourth-order valence-electron chi connectivity index (χ4n) is 2.96. The fraction of sp³-hybridized carbons (Fsp3) is 0. The first kappa shape index (κ1) is 18.6. The lowest BCUT2D eigenvalue weighted by atomic mass is 10.0. The van der Waals surface area contributed by atoms with Gasteiger partial charge in [-0.1, -0.05) is 35.9 Å². The molecule has 0 aliphatic carbocycles. The molecule has 7 heteroatoms. The molecule has 0 saturated carbocycles. The van der Waals surface area contributed by atoms with E-state index >= 15 is 0 Å². The third-order valence-corrected chi connectivity index (χ3v) is 4.55. The SMILES string of the molecule is Nc1nc(Nc2cccc(Cl)c2)cc(-c2cc(-c3ccc(O)cc3)ccc2O)n1. The Morgan fingerprint density at radius 2 is 1.59 bits per heavy atom. The van der Waals surface area contributed by atoms with Crippen molar-refractivity contribution in [3.05, 3.63) is 77.8 Å². The first-order valence-electron chi connectivity index (χ1n) is 8.78. The summed E-state index contributed by atoms with van der Waals surface area (Å²) in [5.41, 5.74) is 9.39. The maximum atomic E-state index is 10.4. The van der Waals surface area contributed by atoms with Gasteiger partial charge in [0.25, 0.3) is 0 Å². The Kier molecular flexibility index (Phi) is 4.93. The van der Waals surface area contributed by atoms with Crippen LogP contribution >= 0.6 is 11.6 Å². The summed E-state index contributed by atoms with van der Waals surface area (Å²) in [6.07, 6.45) is 0. The third kappa shape index (κ3) is 4.23. The number of aromatic hydroxyl groups is 2. The molecule has 0 unspecified atom stereocenters. The molecule has 0 atom stereocenters. The first-order chi connectivity index (χ1) is 14.0. The number of phenolic OH excluding ortho intramolecular Hbond substituents is 2. The van der Waals surface area contributed by atoms with Crippen LogP contribution in [0.1, 0.15) is 0 Å². The number of halogens is 1. The Morgan fingerprint density at radius 1 is 0.828 bits per heavy atom. The second-order valence-corrected chi connectivity index (χ2v) is 6.85. The number of nitrogens with one attached hydrogen (secondary N) is 1. The number of benzene rings is 3. The van der Waals surface area contributed by atoms with E-state index in [1.165, 1.54) is 0 Å². The Labute approximate surface area is 172 Å². The Morgan fingerprint density at radius 3 is 2.34 bits per heavy atom. The molecule has 144 valence electrons. The summed E-state index contributed by atoms with van der Waals surface area (Å²) in [6.45, 7) is 0. The highest BCUT2D eigenvalue weighted by atomic mass is 35.5. The van der Waals surface area contributed by atoms with Crippen LogP contribution in [0.25, 0.3) is 22.4 Å². The van der Waals surface area contributed by atoms with Crippen molar-refractivity contribution < 1.29 is 10.2 Å². The van der Waals surface area contributed by atoms with Gasteiger partial charge >= 0.3 is 0 Å². The second-order valence-electron chi connectivity index (χ2n) is 6.41. The van der Waals surface area contributed by atoms with Crippen LogP contribution in [-0.4, -0.2) is 20.2 Å². The maximum absolute atomic E-state index is 10.4. The van der Waals surface area contributed by atoms with Crippen LogP contribution in [0.15, 0.2) is 72.8 Å². The average molecular weight is 405 g/mol. The highest BCUT2D eigenvalue weighted by Crippen LogP contribution is 2.34. The lowest BCUT2D eigenvalue weighted by Gasteiger charge is -2.11. The van der Waals surface area contributed by atoms with Gasteiger partial charge in [-0.05, 0) is 53.6 Å². The normalized spacial score (nSPS) is 10.7. The molecule has 29 heavy (non-hydrogen) atoms. The average Bonchev–Trinajstić information content (AvgIpc) is 2.68. The van der Waals surface area contributed by atoms with E-state index in [4.69, 9.17) is 17.3 Å². The van der Waals surface area contributed by atoms with E-state index in [2.05, 4.69) is 15.3 Å². The molecule has 6 nitrogen and oxygen atoms in total. The summed E-state index contributed by atoms with van der Waals surface area (Å²) in [7, 11) is 0. The van der Waals surface area contributed by atoms with E-state index in [0.717, 1.165) is 16.8 Å². The van der Waals surface area contributed by atoms with Crippen LogP contribution in [0.5, 0.6) is 11.5 Å². The largest absolute Gasteiger partial charge is 0.508 e. The highest BCUT2D eigenvalue weighted by molar-refractivity contribution is 6.30. The minimum atomic E-state index is 0.0688. The van der Waals surface area contributed by atoms with Gasteiger partial charge in [0.15, 0.2) is 0 Å². The van der Waals surface area contributed by atoms with Crippen molar-refractivity contribution in [2.45, 2.75) is 0 Å². The van der Waals surface area contributed by atoms with E-state index in [-0.39, 0.29) is 17.4 Å². The van der Waals surface area contributed by atoms with Crippen molar-refractivity contribution in [1.29, 1.82) is 0 Å². The van der Waals surface area contributed by atoms with Crippen LogP contribution in [0.3, 0.4) is 0 Å². The van der Waals surface area contributed by atoms with Crippen LogP contribution < -0.4 is 11.1 Å². The summed E-state index contributed by atoms with van der Waals surface area (Å²) in [6, 6.07) is 20.9. The number of aromatic nitrogens is 2. The third-order valence-electron chi connectivity index (χ3n) is 4.31. The first-order valence-corrected chi connectivity index (χ1v) is 9.16. The molecular weight excluding hydrogens is 388 g/mol. The summed E-state index contributed by atoms with van der Waals surface area (Å²) in [5.74, 6) is 0.804.